The van der Waals surface area contributed by atoms with E-state index in [1.807, 2.05) is 0 Å². The topological polar surface area (TPSA) is 103 Å². The molecule has 0 spiro atoms. The van der Waals surface area contributed by atoms with Crippen molar-refractivity contribution in [1.82, 2.24) is 9.55 Å². The molecule has 1 amide bonds. The summed E-state index contributed by atoms with van der Waals surface area (Å²) in [5.41, 5.74) is -0.902. The first-order valence-electron chi connectivity index (χ1n) is 8.98. The highest BCUT2D eigenvalue weighted by atomic mass is 35.5. The molecule has 0 bridgehead atoms. The van der Waals surface area contributed by atoms with Gasteiger partial charge < -0.3 is 8.98 Å². The first-order chi connectivity index (χ1) is 15.1. The van der Waals surface area contributed by atoms with Crippen LogP contribution >= 0.6 is 11.6 Å². The van der Waals surface area contributed by atoms with E-state index in [-0.39, 0.29) is 34.3 Å². The monoisotopic (exact) mass is 464 g/mol. The Balaban J connectivity index is 1.75. The molecule has 2 aromatic carbocycles. The number of non-ortho nitro benzene ring substituents is 1. The number of nitrogens with zero attached hydrogens (tertiary/aromatic N) is 3. The Hall–Kier alpha value is -3.86. The van der Waals surface area contributed by atoms with Crippen LogP contribution in [0.1, 0.15) is 21.7 Å². The van der Waals surface area contributed by atoms with Crippen LogP contribution in [0.25, 0.3) is 11.0 Å². The number of hydrogen-bond donors (Lipinski definition) is 1. The van der Waals surface area contributed by atoms with Gasteiger partial charge in [-0.3, -0.25) is 20.2 Å². The van der Waals surface area contributed by atoms with Crippen LogP contribution < -0.4 is 5.32 Å². The lowest BCUT2D eigenvalue weighted by atomic mass is 10.2. The number of benzene rings is 2. The van der Waals surface area contributed by atoms with Crippen molar-refractivity contribution in [3.05, 3.63) is 86.8 Å². The summed E-state index contributed by atoms with van der Waals surface area (Å²) in [4.78, 5) is 27.1. The van der Waals surface area contributed by atoms with Gasteiger partial charge in [0.1, 0.15) is 5.76 Å². The quantitative estimate of drug-likeness (QED) is 0.310. The van der Waals surface area contributed by atoms with Crippen molar-refractivity contribution in [2.45, 2.75) is 12.7 Å². The van der Waals surface area contributed by atoms with E-state index in [1.165, 1.54) is 23.0 Å². The summed E-state index contributed by atoms with van der Waals surface area (Å²) >= 11 is 6.01. The molecule has 32 heavy (non-hydrogen) atoms. The van der Waals surface area contributed by atoms with Crippen molar-refractivity contribution in [1.29, 1.82) is 0 Å². The van der Waals surface area contributed by atoms with Crippen LogP contribution in [0.15, 0.2) is 59.2 Å². The SMILES string of the molecule is O=C(Nc1nc2cc(C(F)(F)F)ccc2n1Cc1ccco1)c1ccc([N+](=O)[O-])cc1Cl. The van der Waals surface area contributed by atoms with Crippen LogP contribution in [-0.2, 0) is 12.7 Å². The maximum atomic E-state index is 13.1. The summed E-state index contributed by atoms with van der Waals surface area (Å²) in [6, 6.07) is 9.67. The van der Waals surface area contributed by atoms with Crippen LogP contribution in [0.3, 0.4) is 0 Å². The second-order valence-electron chi connectivity index (χ2n) is 6.68. The van der Waals surface area contributed by atoms with E-state index in [1.54, 1.807) is 12.1 Å². The van der Waals surface area contributed by atoms with Gasteiger partial charge in [-0.2, -0.15) is 13.2 Å². The minimum Gasteiger partial charge on any atom is -0.467 e. The Labute approximate surface area is 182 Å². The number of amides is 1. The molecule has 0 saturated carbocycles. The molecular formula is C20H12ClF3N4O4. The third-order valence-electron chi connectivity index (χ3n) is 4.60. The maximum absolute atomic E-state index is 13.1. The number of halogens is 4. The summed E-state index contributed by atoms with van der Waals surface area (Å²) in [6.45, 7) is 0.0818. The molecule has 164 valence electrons. The Morgan fingerprint density at radius 1 is 1.22 bits per heavy atom. The first kappa shape index (κ1) is 21.4. The molecule has 12 heteroatoms. The minimum atomic E-state index is -4.56. The molecule has 4 aromatic rings. The lowest BCUT2D eigenvalue weighted by Gasteiger charge is -2.10. The summed E-state index contributed by atoms with van der Waals surface area (Å²) in [6.07, 6.45) is -3.13. The molecule has 0 atom stereocenters. The van der Waals surface area contributed by atoms with Gasteiger partial charge in [0.15, 0.2) is 0 Å². The average molecular weight is 465 g/mol. The van der Waals surface area contributed by atoms with Gasteiger partial charge >= 0.3 is 6.18 Å². The third kappa shape index (κ3) is 4.14. The molecule has 2 aromatic heterocycles. The summed E-state index contributed by atoms with van der Waals surface area (Å²) in [7, 11) is 0. The van der Waals surface area contributed by atoms with E-state index in [2.05, 4.69) is 10.3 Å². The lowest BCUT2D eigenvalue weighted by Crippen LogP contribution is -2.17. The highest BCUT2D eigenvalue weighted by Crippen LogP contribution is 2.33. The van der Waals surface area contributed by atoms with Gasteiger partial charge in [-0.05, 0) is 36.4 Å². The summed E-state index contributed by atoms with van der Waals surface area (Å²) in [5.74, 6) is -0.305. The molecule has 0 aliphatic rings. The highest BCUT2D eigenvalue weighted by molar-refractivity contribution is 6.34. The molecule has 4 rings (SSSR count). The maximum Gasteiger partial charge on any atom is 0.416 e. The number of imidazole rings is 1. The van der Waals surface area contributed by atoms with Gasteiger partial charge in [-0.1, -0.05) is 11.6 Å². The van der Waals surface area contributed by atoms with Crippen molar-refractivity contribution in [2.75, 3.05) is 5.32 Å². The second kappa shape index (κ2) is 8.00. The molecule has 0 fully saturated rings. The Morgan fingerprint density at radius 3 is 2.62 bits per heavy atom. The second-order valence-corrected chi connectivity index (χ2v) is 7.08. The van der Waals surface area contributed by atoms with Gasteiger partial charge in [0.05, 0.1) is 44.9 Å². The van der Waals surface area contributed by atoms with E-state index in [0.717, 1.165) is 24.3 Å². The molecule has 0 aliphatic heterocycles. The number of nitrogens with one attached hydrogen (secondary N) is 1. The smallest absolute Gasteiger partial charge is 0.416 e. The van der Waals surface area contributed by atoms with Crippen LogP contribution in [0, 0.1) is 10.1 Å². The highest BCUT2D eigenvalue weighted by Gasteiger charge is 2.31. The van der Waals surface area contributed by atoms with Gasteiger partial charge in [0.2, 0.25) is 5.95 Å². The zero-order valence-electron chi connectivity index (χ0n) is 15.9. The number of hydrogen-bond acceptors (Lipinski definition) is 5. The fourth-order valence-electron chi connectivity index (χ4n) is 3.09. The number of aromatic nitrogens is 2. The molecule has 1 N–H and O–H groups in total. The van der Waals surface area contributed by atoms with Crippen LogP contribution in [0.4, 0.5) is 24.8 Å². The first-order valence-corrected chi connectivity index (χ1v) is 9.36. The van der Waals surface area contributed by atoms with E-state index in [9.17, 15) is 28.1 Å². The Morgan fingerprint density at radius 2 is 2.00 bits per heavy atom. The van der Waals surface area contributed by atoms with Crippen LogP contribution in [0.5, 0.6) is 0 Å². The number of nitro benzene ring substituents is 1. The molecule has 0 saturated heterocycles. The van der Waals surface area contributed by atoms with Crippen LogP contribution in [0.2, 0.25) is 5.02 Å². The Bertz CT molecular complexity index is 1330. The molecule has 0 radical (unpaired) electrons. The summed E-state index contributed by atoms with van der Waals surface area (Å²) < 4.78 is 46.1. The molecule has 0 aliphatic carbocycles. The predicted molar refractivity (Wildman–Crippen MR) is 109 cm³/mol. The molecule has 0 unspecified atom stereocenters. The number of nitro groups is 1. The normalized spacial score (nSPS) is 11.6. The zero-order valence-corrected chi connectivity index (χ0v) is 16.6. The zero-order chi connectivity index (χ0) is 23.0. The number of fused-ring (bicyclic) bond motifs is 1. The van der Waals surface area contributed by atoms with Crippen molar-refractivity contribution >= 4 is 40.2 Å². The number of furan rings is 1. The van der Waals surface area contributed by atoms with E-state index in [4.69, 9.17) is 16.0 Å². The minimum absolute atomic E-state index is 0.0106. The average Bonchev–Trinajstić information content (AvgIpc) is 3.35. The van der Waals surface area contributed by atoms with Gasteiger partial charge in [0, 0.05) is 12.1 Å². The standard InChI is InChI=1S/C20H12ClF3N4O4/c21-15-9-12(28(30)31)4-5-14(15)18(29)26-19-25-16-8-11(20(22,23)24)3-6-17(16)27(19)10-13-2-1-7-32-13/h1-9H,10H2,(H,25,26,29). The third-order valence-corrected chi connectivity index (χ3v) is 4.92. The Kier molecular flexibility index (Phi) is 5.35. The molecule has 2 heterocycles. The molecule has 8 nitrogen and oxygen atoms in total. The van der Waals surface area contributed by atoms with Crippen molar-refractivity contribution in [3.63, 3.8) is 0 Å². The van der Waals surface area contributed by atoms with Crippen molar-refractivity contribution < 1.29 is 27.3 Å². The fraction of sp³-hybridized carbons (Fsp3) is 0.100. The van der Waals surface area contributed by atoms with Crippen molar-refractivity contribution in [2.24, 2.45) is 0 Å². The van der Waals surface area contributed by atoms with Crippen LogP contribution in [-0.4, -0.2) is 20.4 Å². The largest absolute Gasteiger partial charge is 0.467 e. The lowest BCUT2D eigenvalue weighted by molar-refractivity contribution is -0.384. The van der Waals surface area contributed by atoms with Gasteiger partial charge in [-0.15, -0.1) is 0 Å². The predicted octanol–water partition coefficient (Wildman–Crippen LogP) is 5.51. The van der Waals surface area contributed by atoms with E-state index < -0.39 is 22.6 Å². The summed E-state index contributed by atoms with van der Waals surface area (Å²) in [5, 5.41) is 13.2. The number of rotatable bonds is 5. The fourth-order valence-corrected chi connectivity index (χ4v) is 3.35. The molecular weight excluding hydrogens is 453 g/mol. The number of carbonyl (C=O) groups excluding carboxylic acids is 1. The van der Waals surface area contributed by atoms with Crippen molar-refractivity contribution in [3.8, 4) is 0 Å². The number of alkyl halides is 3. The van der Waals surface area contributed by atoms with E-state index in [0.29, 0.717) is 11.3 Å². The van der Waals surface area contributed by atoms with Gasteiger partial charge in [-0.25, -0.2) is 4.98 Å². The number of carbonyl (C=O) groups is 1. The van der Waals surface area contributed by atoms with Gasteiger partial charge in [0.25, 0.3) is 11.6 Å². The number of anilines is 1. The van der Waals surface area contributed by atoms with E-state index >= 15 is 0 Å².